The molecule has 1 aliphatic rings. The average molecular weight is 443 g/mol. The summed E-state index contributed by atoms with van der Waals surface area (Å²) < 4.78 is 17.6. The lowest BCUT2D eigenvalue weighted by Gasteiger charge is -2.29. The molecule has 2 aromatic rings. The minimum absolute atomic E-state index is 0.0880. The highest BCUT2D eigenvalue weighted by Gasteiger charge is 2.36. The number of carbonyl (C=O) groups is 1. The quantitative estimate of drug-likeness (QED) is 0.492. The number of amides is 1. The second-order valence-corrected chi connectivity index (χ2v) is 8.42. The number of likely N-dealkylation sites (tertiary alicyclic amines) is 1. The molecule has 8 heteroatoms. The van der Waals surface area contributed by atoms with Crippen LogP contribution in [0, 0.1) is 13.8 Å². The molecule has 1 fully saturated rings. The van der Waals surface area contributed by atoms with Gasteiger partial charge in [-0.15, -0.1) is 0 Å². The van der Waals surface area contributed by atoms with Crippen molar-refractivity contribution in [2.75, 3.05) is 6.61 Å². The second-order valence-electron chi connectivity index (χ2n) is 8.42. The van der Waals surface area contributed by atoms with E-state index in [0.717, 1.165) is 36.9 Å². The number of aromatic nitrogens is 3. The van der Waals surface area contributed by atoms with Gasteiger partial charge in [0.1, 0.15) is 6.33 Å². The Hall–Kier alpha value is -2.90. The maximum absolute atomic E-state index is 12.6. The number of rotatable bonds is 9. The van der Waals surface area contributed by atoms with Gasteiger partial charge in [0.25, 0.3) is 0 Å². The van der Waals surface area contributed by atoms with Crippen molar-refractivity contribution in [3.05, 3.63) is 35.9 Å². The number of ether oxygens (including phenoxy) is 3. The van der Waals surface area contributed by atoms with Gasteiger partial charge in [-0.2, -0.15) is 0 Å². The van der Waals surface area contributed by atoms with Gasteiger partial charge in [0.2, 0.25) is 11.8 Å². The SMILES string of the molecule is CCCCOC(=O)N1C(C)CCC1C[C@@H](C)Oc1ncnc(Oc2cccnc2C)c1C. The first-order valence-electron chi connectivity index (χ1n) is 11.4. The molecule has 0 spiro atoms. The molecule has 0 aliphatic carbocycles. The van der Waals surface area contributed by atoms with E-state index in [4.69, 9.17) is 14.2 Å². The minimum atomic E-state index is -0.221. The molecular formula is C24H34N4O4. The first-order chi connectivity index (χ1) is 15.4. The van der Waals surface area contributed by atoms with Crippen molar-refractivity contribution >= 4 is 6.09 Å². The zero-order valence-corrected chi connectivity index (χ0v) is 19.7. The molecule has 1 amide bonds. The monoisotopic (exact) mass is 442 g/mol. The van der Waals surface area contributed by atoms with Crippen molar-refractivity contribution in [2.24, 2.45) is 0 Å². The highest BCUT2D eigenvalue weighted by molar-refractivity contribution is 5.68. The van der Waals surface area contributed by atoms with E-state index in [0.29, 0.717) is 30.5 Å². The first kappa shape index (κ1) is 23.8. The molecule has 2 aromatic heterocycles. The molecule has 1 aliphatic heterocycles. The van der Waals surface area contributed by atoms with E-state index in [1.54, 1.807) is 6.20 Å². The molecule has 0 saturated carbocycles. The van der Waals surface area contributed by atoms with E-state index in [9.17, 15) is 4.79 Å². The summed E-state index contributed by atoms with van der Waals surface area (Å²) in [5.41, 5.74) is 1.50. The fourth-order valence-electron chi connectivity index (χ4n) is 3.95. The molecule has 0 radical (unpaired) electrons. The second kappa shape index (κ2) is 11.1. The Bertz CT molecular complexity index is 907. The summed E-state index contributed by atoms with van der Waals surface area (Å²) in [4.78, 5) is 27.3. The average Bonchev–Trinajstić information content (AvgIpc) is 3.12. The fourth-order valence-corrected chi connectivity index (χ4v) is 3.95. The fraction of sp³-hybridized carbons (Fsp3) is 0.583. The normalized spacial score (nSPS) is 19.0. The maximum Gasteiger partial charge on any atom is 0.410 e. The van der Waals surface area contributed by atoms with Crippen LogP contribution in [0.3, 0.4) is 0 Å². The van der Waals surface area contributed by atoms with E-state index >= 15 is 0 Å². The number of hydrogen-bond donors (Lipinski definition) is 0. The van der Waals surface area contributed by atoms with E-state index in [2.05, 4.69) is 28.8 Å². The Balaban J connectivity index is 1.63. The molecule has 3 atom stereocenters. The number of unbranched alkanes of at least 4 members (excludes halogenated alkanes) is 1. The third-order valence-electron chi connectivity index (χ3n) is 5.79. The predicted octanol–water partition coefficient (Wildman–Crippen LogP) is 5.23. The summed E-state index contributed by atoms with van der Waals surface area (Å²) in [6, 6.07) is 3.93. The Kier molecular flexibility index (Phi) is 8.25. The van der Waals surface area contributed by atoms with Crippen LogP contribution in [0.5, 0.6) is 17.5 Å². The molecule has 32 heavy (non-hydrogen) atoms. The molecule has 2 unspecified atom stereocenters. The number of aryl methyl sites for hydroxylation is 1. The zero-order chi connectivity index (χ0) is 23.1. The third-order valence-corrected chi connectivity index (χ3v) is 5.79. The standard InChI is InChI=1S/C24H34N4O4/c1-6-7-13-30-24(29)28-16(2)10-11-20(28)14-17(3)31-22-18(4)23(27-15-26-22)32-21-9-8-12-25-19(21)5/h8-9,12,15-17,20H,6-7,10-11,13-14H2,1-5H3/t16?,17-,20?/m1/s1. The van der Waals surface area contributed by atoms with Crippen LogP contribution in [0.25, 0.3) is 0 Å². The van der Waals surface area contributed by atoms with Crippen LogP contribution in [-0.4, -0.2) is 50.7 Å². The van der Waals surface area contributed by atoms with Crippen LogP contribution in [0.15, 0.2) is 24.7 Å². The van der Waals surface area contributed by atoms with Crippen LogP contribution in [0.2, 0.25) is 0 Å². The van der Waals surface area contributed by atoms with Gasteiger partial charge in [0, 0.05) is 24.7 Å². The van der Waals surface area contributed by atoms with Crippen molar-refractivity contribution in [3.63, 3.8) is 0 Å². The van der Waals surface area contributed by atoms with Gasteiger partial charge in [-0.05, 0) is 59.1 Å². The van der Waals surface area contributed by atoms with Gasteiger partial charge in [0.05, 0.1) is 24.0 Å². The van der Waals surface area contributed by atoms with Gasteiger partial charge >= 0.3 is 6.09 Å². The van der Waals surface area contributed by atoms with Gasteiger partial charge in [-0.3, -0.25) is 4.98 Å². The summed E-state index contributed by atoms with van der Waals surface area (Å²) in [5.74, 6) is 1.56. The van der Waals surface area contributed by atoms with Gasteiger partial charge in [-0.25, -0.2) is 14.8 Å². The van der Waals surface area contributed by atoms with E-state index < -0.39 is 0 Å². The molecule has 8 nitrogen and oxygen atoms in total. The predicted molar refractivity (Wildman–Crippen MR) is 121 cm³/mol. The van der Waals surface area contributed by atoms with Crippen molar-refractivity contribution in [2.45, 2.75) is 84.9 Å². The Labute approximate surface area is 190 Å². The maximum atomic E-state index is 12.6. The number of hydrogen-bond acceptors (Lipinski definition) is 7. The highest BCUT2D eigenvalue weighted by Crippen LogP contribution is 2.31. The molecule has 1 saturated heterocycles. The Morgan fingerprint density at radius 1 is 1.22 bits per heavy atom. The van der Waals surface area contributed by atoms with E-state index in [1.165, 1.54) is 6.33 Å². The van der Waals surface area contributed by atoms with Crippen LogP contribution in [-0.2, 0) is 4.74 Å². The molecule has 3 heterocycles. The van der Waals surface area contributed by atoms with Crippen molar-refractivity contribution in [1.29, 1.82) is 0 Å². The molecule has 0 N–H and O–H groups in total. The highest BCUT2D eigenvalue weighted by atomic mass is 16.6. The number of carbonyl (C=O) groups excluding carboxylic acids is 1. The lowest BCUT2D eigenvalue weighted by Crippen LogP contribution is -2.42. The summed E-state index contributed by atoms with van der Waals surface area (Å²) in [5, 5.41) is 0. The first-order valence-corrected chi connectivity index (χ1v) is 11.4. The van der Waals surface area contributed by atoms with E-state index in [-0.39, 0.29) is 24.3 Å². The van der Waals surface area contributed by atoms with Gasteiger partial charge in [-0.1, -0.05) is 13.3 Å². The number of pyridine rings is 1. The largest absolute Gasteiger partial charge is 0.474 e. The van der Waals surface area contributed by atoms with Gasteiger partial charge in [0.15, 0.2) is 5.75 Å². The van der Waals surface area contributed by atoms with Crippen LogP contribution >= 0.6 is 0 Å². The van der Waals surface area contributed by atoms with Crippen molar-refractivity contribution < 1.29 is 19.0 Å². The Morgan fingerprint density at radius 3 is 2.75 bits per heavy atom. The number of nitrogens with zero attached hydrogens (tertiary/aromatic N) is 4. The van der Waals surface area contributed by atoms with Crippen molar-refractivity contribution in [1.82, 2.24) is 19.9 Å². The lowest BCUT2D eigenvalue weighted by molar-refractivity contribution is 0.0743. The molecule has 0 bridgehead atoms. The zero-order valence-electron chi connectivity index (χ0n) is 19.7. The molecule has 0 aromatic carbocycles. The molecule has 3 rings (SSSR count). The lowest BCUT2D eigenvalue weighted by atomic mass is 10.1. The van der Waals surface area contributed by atoms with Crippen LogP contribution in [0.1, 0.15) is 64.1 Å². The third kappa shape index (κ3) is 5.87. The summed E-state index contributed by atoms with van der Waals surface area (Å²) in [6.07, 6.45) is 7.29. The molecular weight excluding hydrogens is 408 g/mol. The smallest absolute Gasteiger partial charge is 0.410 e. The summed E-state index contributed by atoms with van der Waals surface area (Å²) in [7, 11) is 0. The Morgan fingerprint density at radius 2 is 2.00 bits per heavy atom. The van der Waals surface area contributed by atoms with Crippen molar-refractivity contribution in [3.8, 4) is 17.5 Å². The van der Waals surface area contributed by atoms with Crippen LogP contribution in [0.4, 0.5) is 4.79 Å². The topological polar surface area (TPSA) is 86.7 Å². The van der Waals surface area contributed by atoms with E-state index in [1.807, 2.05) is 37.8 Å². The minimum Gasteiger partial charge on any atom is -0.474 e. The molecule has 174 valence electrons. The van der Waals surface area contributed by atoms with Crippen LogP contribution < -0.4 is 9.47 Å². The summed E-state index contributed by atoms with van der Waals surface area (Å²) in [6.45, 7) is 10.4. The van der Waals surface area contributed by atoms with Gasteiger partial charge < -0.3 is 19.1 Å². The summed E-state index contributed by atoms with van der Waals surface area (Å²) >= 11 is 0.